The summed E-state index contributed by atoms with van der Waals surface area (Å²) < 4.78 is 4.82. The number of nitrogens with zero attached hydrogens (tertiary/aromatic N) is 2. The Balaban J connectivity index is 2.16. The molecule has 1 fully saturated rings. The second kappa shape index (κ2) is 6.36. The smallest absolute Gasteiger partial charge is 0.264 e. The van der Waals surface area contributed by atoms with E-state index in [4.69, 9.17) is 4.74 Å². The number of aliphatic hydroxyl groups is 1. The van der Waals surface area contributed by atoms with Crippen molar-refractivity contribution in [3.63, 3.8) is 0 Å². The van der Waals surface area contributed by atoms with E-state index in [0.29, 0.717) is 17.4 Å². The molecule has 116 valence electrons. The Bertz CT molecular complexity index is 580. The van der Waals surface area contributed by atoms with Gasteiger partial charge in [-0.15, -0.1) is 0 Å². The highest BCUT2D eigenvalue weighted by molar-refractivity contribution is 5.94. The van der Waals surface area contributed by atoms with Gasteiger partial charge in [0.05, 0.1) is 18.4 Å². The summed E-state index contributed by atoms with van der Waals surface area (Å²) in [6.07, 6.45) is 1.26. The van der Waals surface area contributed by atoms with E-state index in [9.17, 15) is 14.7 Å². The average Bonchev–Trinajstić information content (AvgIpc) is 3.21. The average molecular weight is 295 g/mol. The number of likely N-dealkylation sites (N-methyl/N-ethyl adjacent to an activating group) is 1. The van der Waals surface area contributed by atoms with E-state index < -0.39 is 17.6 Å². The number of carbonyl (C=O) groups is 1. The van der Waals surface area contributed by atoms with Crippen LogP contribution in [-0.2, 0) is 4.74 Å². The largest absolute Gasteiger partial charge is 0.389 e. The SMILES string of the molecule is COCC(O)CN(C)C(=O)c1c(C)nc(C2CC2)[nH]c1=O. The summed E-state index contributed by atoms with van der Waals surface area (Å²) in [5.74, 6) is 0.539. The lowest BCUT2D eigenvalue weighted by atomic mass is 10.2. The first-order chi connectivity index (χ1) is 9.93. The third kappa shape index (κ3) is 3.68. The number of ether oxygens (including phenoxy) is 1. The fraction of sp³-hybridized carbons (Fsp3) is 0.643. The summed E-state index contributed by atoms with van der Waals surface area (Å²) in [5, 5.41) is 9.66. The summed E-state index contributed by atoms with van der Waals surface area (Å²) in [6.45, 7) is 1.88. The molecule has 1 aliphatic carbocycles. The number of nitrogens with one attached hydrogen (secondary N) is 1. The van der Waals surface area contributed by atoms with Crippen molar-refractivity contribution in [2.75, 3.05) is 27.3 Å². The molecule has 2 N–H and O–H groups in total. The summed E-state index contributed by atoms with van der Waals surface area (Å²) in [6, 6.07) is 0. The van der Waals surface area contributed by atoms with Gasteiger partial charge in [-0.3, -0.25) is 9.59 Å². The molecule has 1 aliphatic rings. The van der Waals surface area contributed by atoms with Gasteiger partial charge in [-0.2, -0.15) is 0 Å². The van der Waals surface area contributed by atoms with Crippen molar-refractivity contribution < 1.29 is 14.6 Å². The third-order valence-corrected chi connectivity index (χ3v) is 3.49. The summed E-state index contributed by atoms with van der Waals surface area (Å²) in [7, 11) is 3.01. The fourth-order valence-electron chi connectivity index (χ4n) is 2.24. The molecule has 1 saturated carbocycles. The number of hydrogen-bond acceptors (Lipinski definition) is 5. The molecule has 1 heterocycles. The van der Waals surface area contributed by atoms with Crippen LogP contribution in [0.1, 0.15) is 40.6 Å². The Kier molecular flexibility index (Phi) is 4.74. The first-order valence-corrected chi connectivity index (χ1v) is 6.97. The number of H-pyrrole nitrogens is 1. The molecule has 0 bridgehead atoms. The molecule has 1 unspecified atom stereocenters. The van der Waals surface area contributed by atoms with E-state index >= 15 is 0 Å². The van der Waals surface area contributed by atoms with Gasteiger partial charge in [0.25, 0.3) is 11.5 Å². The van der Waals surface area contributed by atoms with Crippen LogP contribution in [0.3, 0.4) is 0 Å². The number of aromatic nitrogens is 2. The Morgan fingerprint density at radius 1 is 1.57 bits per heavy atom. The highest BCUT2D eigenvalue weighted by Crippen LogP contribution is 2.37. The van der Waals surface area contributed by atoms with Gasteiger partial charge in [0, 0.05) is 26.6 Å². The highest BCUT2D eigenvalue weighted by Gasteiger charge is 2.28. The molecule has 0 aliphatic heterocycles. The van der Waals surface area contributed by atoms with Crippen molar-refractivity contribution in [2.24, 2.45) is 0 Å². The van der Waals surface area contributed by atoms with Gasteiger partial charge in [0.1, 0.15) is 11.4 Å². The molecule has 21 heavy (non-hydrogen) atoms. The lowest BCUT2D eigenvalue weighted by Crippen LogP contribution is -2.39. The van der Waals surface area contributed by atoms with E-state index in [1.54, 1.807) is 6.92 Å². The maximum atomic E-state index is 12.3. The molecule has 0 aromatic carbocycles. The number of methoxy groups -OCH3 is 1. The van der Waals surface area contributed by atoms with Crippen molar-refractivity contribution in [2.45, 2.75) is 31.8 Å². The van der Waals surface area contributed by atoms with Crippen molar-refractivity contribution >= 4 is 5.91 Å². The molecule has 0 radical (unpaired) electrons. The van der Waals surface area contributed by atoms with Crippen LogP contribution in [0, 0.1) is 6.92 Å². The Morgan fingerprint density at radius 2 is 2.24 bits per heavy atom. The van der Waals surface area contributed by atoms with Crippen LogP contribution in [0.15, 0.2) is 4.79 Å². The van der Waals surface area contributed by atoms with Crippen LogP contribution in [0.4, 0.5) is 0 Å². The molecule has 1 amide bonds. The van der Waals surface area contributed by atoms with Gasteiger partial charge < -0.3 is 19.7 Å². The molecule has 7 nitrogen and oxygen atoms in total. The van der Waals surface area contributed by atoms with Gasteiger partial charge in [-0.1, -0.05) is 0 Å². The van der Waals surface area contributed by atoms with E-state index in [1.165, 1.54) is 19.1 Å². The number of aliphatic hydroxyl groups excluding tert-OH is 1. The lowest BCUT2D eigenvalue weighted by molar-refractivity contribution is 0.0379. The van der Waals surface area contributed by atoms with Crippen LogP contribution in [0.5, 0.6) is 0 Å². The molecular weight excluding hydrogens is 274 g/mol. The van der Waals surface area contributed by atoms with Crippen LogP contribution in [-0.4, -0.2) is 59.3 Å². The van der Waals surface area contributed by atoms with Gasteiger partial charge >= 0.3 is 0 Å². The molecule has 1 atom stereocenters. The number of aromatic amines is 1. The number of carbonyl (C=O) groups excluding carboxylic acids is 1. The monoisotopic (exact) mass is 295 g/mol. The van der Waals surface area contributed by atoms with Crippen molar-refractivity contribution in [3.8, 4) is 0 Å². The second-order valence-corrected chi connectivity index (χ2v) is 5.48. The quantitative estimate of drug-likeness (QED) is 0.772. The number of amides is 1. The van der Waals surface area contributed by atoms with E-state index in [0.717, 1.165) is 12.8 Å². The van der Waals surface area contributed by atoms with E-state index in [1.807, 2.05) is 0 Å². The van der Waals surface area contributed by atoms with E-state index in [2.05, 4.69) is 9.97 Å². The standard InChI is InChI=1S/C14H21N3O4/c1-8-11(13(19)16-12(15-8)9-4-5-9)14(20)17(2)6-10(18)7-21-3/h9-10,18H,4-7H2,1-3H3,(H,15,16,19). The number of aryl methyl sites for hydroxylation is 1. The lowest BCUT2D eigenvalue weighted by Gasteiger charge is -2.20. The fourth-order valence-corrected chi connectivity index (χ4v) is 2.24. The normalized spacial score (nSPS) is 15.8. The maximum absolute atomic E-state index is 12.3. The zero-order valence-corrected chi connectivity index (χ0v) is 12.5. The number of hydrogen-bond donors (Lipinski definition) is 2. The third-order valence-electron chi connectivity index (χ3n) is 3.49. The van der Waals surface area contributed by atoms with Crippen LogP contribution < -0.4 is 5.56 Å². The predicted octanol–water partition coefficient (Wildman–Crippen LogP) is 0.0350. The molecule has 7 heteroatoms. The van der Waals surface area contributed by atoms with Gasteiger partial charge in [-0.25, -0.2) is 4.98 Å². The Morgan fingerprint density at radius 3 is 2.76 bits per heavy atom. The van der Waals surface area contributed by atoms with Crippen LogP contribution in [0.25, 0.3) is 0 Å². The topological polar surface area (TPSA) is 95.5 Å². The van der Waals surface area contributed by atoms with Crippen molar-refractivity contribution in [1.29, 1.82) is 0 Å². The summed E-state index contributed by atoms with van der Waals surface area (Å²) in [5.41, 5.74) is 0.0488. The highest BCUT2D eigenvalue weighted by atomic mass is 16.5. The zero-order chi connectivity index (χ0) is 15.6. The summed E-state index contributed by atoms with van der Waals surface area (Å²) in [4.78, 5) is 32.8. The first-order valence-electron chi connectivity index (χ1n) is 6.97. The maximum Gasteiger partial charge on any atom is 0.264 e. The van der Waals surface area contributed by atoms with E-state index in [-0.39, 0.29) is 18.7 Å². The van der Waals surface area contributed by atoms with Crippen molar-refractivity contribution in [3.05, 3.63) is 27.4 Å². The first kappa shape index (κ1) is 15.7. The van der Waals surface area contributed by atoms with Gasteiger partial charge in [0.15, 0.2) is 0 Å². The predicted molar refractivity (Wildman–Crippen MR) is 76.4 cm³/mol. The minimum atomic E-state index is -0.790. The summed E-state index contributed by atoms with van der Waals surface area (Å²) >= 11 is 0. The van der Waals surface area contributed by atoms with Gasteiger partial charge in [0.2, 0.25) is 0 Å². The Labute approximate surface area is 123 Å². The molecule has 0 spiro atoms. The van der Waals surface area contributed by atoms with Crippen LogP contribution >= 0.6 is 0 Å². The van der Waals surface area contributed by atoms with Gasteiger partial charge in [-0.05, 0) is 19.8 Å². The second-order valence-electron chi connectivity index (χ2n) is 5.48. The molecular formula is C14H21N3O4. The zero-order valence-electron chi connectivity index (χ0n) is 12.5. The number of rotatable bonds is 6. The molecule has 2 rings (SSSR count). The molecule has 1 aromatic heterocycles. The minimum absolute atomic E-state index is 0.0338. The van der Waals surface area contributed by atoms with Crippen LogP contribution in [0.2, 0.25) is 0 Å². The van der Waals surface area contributed by atoms with Crippen molar-refractivity contribution in [1.82, 2.24) is 14.9 Å². The molecule has 1 aromatic rings. The molecule has 0 saturated heterocycles. The Hall–Kier alpha value is -1.73. The minimum Gasteiger partial charge on any atom is -0.389 e.